The lowest BCUT2D eigenvalue weighted by Gasteiger charge is -2.23. The van der Waals surface area contributed by atoms with Gasteiger partial charge in [-0.25, -0.2) is 0 Å². The monoisotopic (exact) mass is 209 g/mol. The summed E-state index contributed by atoms with van der Waals surface area (Å²) in [4.78, 5) is 8.43. The highest BCUT2D eigenvalue weighted by Crippen LogP contribution is 2.22. The van der Waals surface area contributed by atoms with E-state index in [-0.39, 0.29) is 5.41 Å². The van der Waals surface area contributed by atoms with Gasteiger partial charge in [0, 0.05) is 11.1 Å². The van der Waals surface area contributed by atoms with Crippen molar-refractivity contribution < 1.29 is 0 Å². The van der Waals surface area contributed by atoms with Crippen LogP contribution in [-0.2, 0) is 0 Å². The molecule has 5 heteroatoms. The van der Waals surface area contributed by atoms with Crippen molar-refractivity contribution in [2.24, 2.45) is 27.0 Å². The number of nitrogens with two attached hydrogens (primary N) is 2. The quantitative estimate of drug-likeness (QED) is 0.448. The van der Waals surface area contributed by atoms with Crippen molar-refractivity contribution in [2.75, 3.05) is 13.1 Å². The van der Waals surface area contributed by atoms with E-state index in [4.69, 9.17) is 11.6 Å². The summed E-state index contributed by atoms with van der Waals surface area (Å²) in [5.74, 6) is 5.95. The van der Waals surface area contributed by atoms with Gasteiger partial charge in [0.1, 0.15) is 11.5 Å². The first-order valence-electron chi connectivity index (χ1n) is 4.98. The highest BCUT2D eigenvalue weighted by Gasteiger charge is 2.18. The predicted molar refractivity (Wildman–Crippen MR) is 63.7 cm³/mol. The molecule has 0 unspecified atom stereocenters. The van der Waals surface area contributed by atoms with E-state index in [1.807, 2.05) is 6.08 Å². The Hall–Kier alpha value is -1.36. The molecule has 5 N–H and O–H groups in total. The van der Waals surface area contributed by atoms with Crippen LogP contribution in [0.5, 0.6) is 0 Å². The van der Waals surface area contributed by atoms with E-state index in [1.165, 1.54) is 0 Å². The summed E-state index contributed by atoms with van der Waals surface area (Å²) in [7, 11) is 0. The number of nitrogens with one attached hydrogen (secondary N) is 1. The normalized spacial score (nSPS) is 18.3. The molecule has 0 amide bonds. The van der Waals surface area contributed by atoms with E-state index in [0.29, 0.717) is 24.6 Å². The molecule has 0 radical (unpaired) electrons. The van der Waals surface area contributed by atoms with Crippen molar-refractivity contribution in [1.29, 1.82) is 0 Å². The van der Waals surface area contributed by atoms with Gasteiger partial charge in [0.2, 0.25) is 0 Å². The lowest BCUT2D eigenvalue weighted by Crippen LogP contribution is -2.33. The molecule has 15 heavy (non-hydrogen) atoms. The number of aliphatic imine (C=N–C) groups is 2. The van der Waals surface area contributed by atoms with Crippen molar-refractivity contribution in [3.05, 3.63) is 11.8 Å². The maximum Gasteiger partial charge on any atom is 0.144 e. The van der Waals surface area contributed by atoms with Gasteiger partial charge in [-0.15, -0.1) is 0 Å². The summed E-state index contributed by atoms with van der Waals surface area (Å²) in [6, 6.07) is 0. The van der Waals surface area contributed by atoms with Gasteiger partial charge in [0.15, 0.2) is 0 Å². The number of nitrogens with zero attached hydrogens (tertiary/aromatic N) is 2. The number of hydrogen-bond acceptors (Lipinski definition) is 5. The van der Waals surface area contributed by atoms with Crippen LogP contribution in [0.2, 0.25) is 0 Å². The SMILES string of the molecule is CC(C)(C)/C(=C/C1=NCCN=C1N)NN. The highest BCUT2D eigenvalue weighted by molar-refractivity contribution is 6.45. The maximum atomic E-state index is 5.73. The zero-order chi connectivity index (χ0) is 11.5. The fourth-order valence-electron chi connectivity index (χ4n) is 1.23. The molecule has 0 spiro atoms. The van der Waals surface area contributed by atoms with E-state index < -0.39 is 0 Å². The first kappa shape index (κ1) is 11.7. The Kier molecular flexibility index (Phi) is 3.47. The molecule has 0 saturated carbocycles. The van der Waals surface area contributed by atoms with Gasteiger partial charge >= 0.3 is 0 Å². The molecule has 0 aromatic rings. The molecule has 1 rings (SSSR count). The molecule has 1 aliphatic rings. The highest BCUT2D eigenvalue weighted by atomic mass is 15.2. The molecule has 1 heterocycles. The molecule has 0 saturated heterocycles. The van der Waals surface area contributed by atoms with Crippen LogP contribution in [0.3, 0.4) is 0 Å². The van der Waals surface area contributed by atoms with Gasteiger partial charge in [-0.3, -0.25) is 15.8 Å². The topological polar surface area (TPSA) is 88.8 Å². The van der Waals surface area contributed by atoms with Crippen LogP contribution in [0, 0.1) is 5.41 Å². The average molecular weight is 209 g/mol. The summed E-state index contributed by atoms with van der Waals surface area (Å²) in [5, 5.41) is 0. The zero-order valence-corrected chi connectivity index (χ0v) is 9.54. The average Bonchev–Trinajstić information content (AvgIpc) is 2.14. The van der Waals surface area contributed by atoms with Crippen LogP contribution >= 0.6 is 0 Å². The molecule has 84 valence electrons. The van der Waals surface area contributed by atoms with Crippen LogP contribution in [0.1, 0.15) is 20.8 Å². The van der Waals surface area contributed by atoms with E-state index in [1.54, 1.807) is 0 Å². The fourth-order valence-corrected chi connectivity index (χ4v) is 1.23. The number of hydrazine groups is 1. The van der Waals surface area contributed by atoms with Crippen molar-refractivity contribution in [3.63, 3.8) is 0 Å². The molecule has 5 nitrogen and oxygen atoms in total. The Morgan fingerprint density at radius 2 is 1.93 bits per heavy atom. The largest absolute Gasteiger partial charge is 0.382 e. The van der Waals surface area contributed by atoms with Crippen molar-refractivity contribution in [2.45, 2.75) is 20.8 Å². The van der Waals surface area contributed by atoms with E-state index in [2.05, 4.69) is 36.2 Å². The van der Waals surface area contributed by atoms with Crippen molar-refractivity contribution in [1.82, 2.24) is 5.43 Å². The molecule has 0 aromatic carbocycles. The van der Waals surface area contributed by atoms with Crippen LogP contribution < -0.4 is 17.0 Å². The maximum absolute atomic E-state index is 5.73. The molecule has 0 aromatic heterocycles. The minimum absolute atomic E-state index is 0.0605. The first-order chi connectivity index (χ1) is 6.95. The van der Waals surface area contributed by atoms with Gasteiger partial charge in [0.05, 0.1) is 13.1 Å². The lowest BCUT2D eigenvalue weighted by molar-refractivity contribution is 0.465. The summed E-state index contributed by atoms with van der Waals surface area (Å²) >= 11 is 0. The van der Waals surface area contributed by atoms with E-state index in [0.717, 1.165) is 5.70 Å². The standard InChI is InChI=1S/C10H19N5/c1-10(2,3)8(15-12)6-7-9(11)14-5-4-13-7/h6,15H,4-5,12H2,1-3H3,(H2,11,14)/b8-6-. The van der Waals surface area contributed by atoms with Gasteiger partial charge < -0.3 is 11.2 Å². The molecular weight excluding hydrogens is 190 g/mol. The van der Waals surface area contributed by atoms with Gasteiger partial charge in [-0.1, -0.05) is 20.8 Å². The summed E-state index contributed by atoms with van der Waals surface area (Å²) in [6.45, 7) is 7.55. The third-order valence-corrected chi connectivity index (χ3v) is 2.17. The minimum atomic E-state index is -0.0605. The predicted octanol–water partition coefficient (Wildman–Crippen LogP) is 0.192. The molecule has 0 aliphatic carbocycles. The third kappa shape index (κ3) is 3.06. The molecule has 0 bridgehead atoms. The number of allylic oxidation sites excluding steroid dienone is 1. The zero-order valence-electron chi connectivity index (χ0n) is 9.54. The number of rotatable bonds is 2. The second-order valence-corrected chi connectivity index (χ2v) is 4.49. The van der Waals surface area contributed by atoms with E-state index >= 15 is 0 Å². The molecular formula is C10H19N5. The smallest absolute Gasteiger partial charge is 0.144 e. The second-order valence-electron chi connectivity index (χ2n) is 4.49. The first-order valence-corrected chi connectivity index (χ1v) is 4.98. The summed E-state index contributed by atoms with van der Waals surface area (Å²) in [5.41, 5.74) is 9.95. The Bertz CT molecular complexity index is 319. The van der Waals surface area contributed by atoms with Crippen molar-refractivity contribution >= 4 is 11.5 Å². The van der Waals surface area contributed by atoms with Crippen LogP contribution in [0.15, 0.2) is 21.8 Å². The lowest BCUT2D eigenvalue weighted by atomic mass is 9.91. The minimum Gasteiger partial charge on any atom is -0.382 e. The molecule has 0 atom stereocenters. The Morgan fingerprint density at radius 1 is 1.33 bits per heavy atom. The molecule has 1 aliphatic heterocycles. The number of amidine groups is 1. The Morgan fingerprint density at radius 3 is 2.40 bits per heavy atom. The van der Waals surface area contributed by atoms with Gasteiger partial charge in [0.25, 0.3) is 0 Å². The third-order valence-electron chi connectivity index (χ3n) is 2.17. The van der Waals surface area contributed by atoms with Crippen LogP contribution in [0.4, 0.5) is 0 Å². The molecule has 0 fully saturated rings. The van der Waals surface area contributed by atoms with Gasteiger partial charge in [-0.2, -0.15) is 0 Å². The van der Waals surface area contributed by atoms with Gasteiger partial charge in [-0.05, 0) is 6.08 Å². The van der Waals surface area contributed by atoms with Crippen LogP contribution in [0.25, 0.3) is 0 Å². The fraction of sp³-hybridized carbons (Fsp3) is 0.600. The van der Waals surface area contributed by atoms with Crippen LogP contribution in [-0.4, -0.2) is 24.6 Å². The Balaban J connectivity index is 2.94. The second kappa shape index (κ2) is 4.44. The summed E-state index contributed by atoms with van der Waals surface area (Å²) < 4.78 is 0. The van der Waals surface area contributed by atoms with E-state index in [9.17, 15) is 0 Å². The Labute approximate surface area is 90.3 Å². The van der Waals surface area contributed by atoms with Crippen molar-refractivity contribution in [3.8, 4) is 0 Å². The summed E-state index contributed by atoms with van der Waals surface area (Å²) in [6.07, 6.45) is 1.86. The number of hydrogen-bond donors (Lipinski definition) is 3.